The van der Waals surface area contributed by atoms with Crippen LogP contribution < -0.4 is 5.32 Å². The molecule has 0 unspecified atom stereocenters. The van der Waals surface area contributed by atoms with Crippen LogP contribution in [0.5, 0.6) is 5.75 Å². The van der Waals surface area contributed by atoms with Gasteiger partial charge >= 0.3 is 0 Å². The second kappa shape index (κ2) is 10.4. The lowest BCUT2D eigenvalue weighted by Gasteiger charge is -2.41. The molecule has 0 radical (unpaired) electrons. The minimum atomic E-state index is 0. The third-order valence-electron chi connectivity index (χ3n) is 4.68. The zero-order valence-corrected chi connectivity index (χ0v) is 17.3. The number of halogens is 4. The molecule has 0 aliphatic carbocycles. The van der Waals surface area contributed by atoms with E-state index >= 15 is 0 Å². The predicted molar refractivity (Wildman–Crippen MR) is 106 cm³/mol. The van der Waals surface area contributed by atoms with E-state index in [1.165, 1.54) is 0 Å². The van der Waals surface area contributed by atoms with Crippen molar-refractivity contribution < 1.29 is 9.84 Å². The second-order valence-corrected chi connectivity index (χ2v) is 7.18. The Hall–Kier alpha value is 0.250. The number of piperazine rings is 1. The molecule has 8 heteroatoms. The maximum absolute atomic E-state index is 10.6. The molecule has 2 heterocycles. The van der Waals surface area contributed by atoms with Crippen LogP contribution in [-0.2, 0) is 4.74 Å². The number of ether oxygens (including phenoxy) is 1. The van der Waals surface area contributed by atoms with Crippen LogP contribution >= 0.6 is 52.3 Å². The fraction of sp³-hybridized carbons (Fsp3) is 0.625. The van der Waals surface area contributed by atoms with Gasteiger partial charge in [0.05, 0.1) is 9.50 Å². The largest absolute Gasteiger partial charge is 0.506 e. The monoisotopic (exact) mass is 460 g/mol. The zero-order chi connectivity index (χ0) is 15.5. The van der Waals surface area contributed by atoms with Gasteiger partial charge in [-0.3, -0.25) is 4.90 Å². The number of phenolic OH excluding ortho intramolecular Hbond substituents is 1. The van der Waals surface area contributed by atoms with E-state index in [1.54, 1.807) is 0 Å². The van der Waals surface area contributed by atoms with Crippen LogP contribution in [0.15, 0.2) is 16.6 Å². The number of hydrogen-bond donors (Lipinski definition) is 2. The number of rotatable bonds is 3. The van der Waals surface area contributed by atoms with E-state index in [9.17, 15) is 5.11 Å². The van der Waals surface area contributed by atoms with E-state index < -0.39 is 0 Å². The number of aromatic hydroxyl groups is 1. The molecule has 0 amide bonds. The summed E-state index contributed by atoms with van der Waals surface area (Å²) in [6, 6.07) is 4.07. The van der Waals surface area contributed by atoms with Crippen LogP contribution in [0, 0.1) is 5.92 Å². The predicted octanol–water partition coefficient (Wildman–Crippen LogP) is 4.02. The summed E-state index contributed by atoms with van der Waals surface area (Å²) in [5.74, 6) is 0.786. The quantitative estimate of drug-likeness (QED) is 0.712. The molecule has 2 N–H and O–H groups in total. The summed E-state index contributed by atoms with van der Waals surface area (Å²) in [6.07, 6.45) is 2.07. The molecule has 0 bridgehead atoms. The Morgan fingerprint density at radius 1 is 1.21 bits per heavy atom. The normalized spacial score (nSPS) is 20.8. The number of hydrogen-bond acceptors (Lipinski definition) is 4. The topological polar surface area (TPSA) is 44.7 Å². The van der Waals surface area contributed by atoms with Gasteiger partial charge in [0.2, 0.25) is 0 Å². The van der Waals surface area contributed by atoms with E-state index in [2.05, 4.69) is 26.1 Å². The first-order valence-corrected chi connectivity index (χ1v) is 9.05. The Kier molecular flexibility index (Phi) is 9.67. The highest BCUT2D eigenvalue weighted by Gasteiger charge is 2.33. The van der Waals surface area contributed by atoms with E-state index in [0.29, 0.717) is 15.4 Å². The van der Waals surface area contributed by atoms with Gasteiger partial charge in [0, 0.05) is 51.0 Å². The smallest absolute Gasteiger partial charge is 0.136 e. The van der Waals surface area contributed by atoms with Gasteiger partial charge < -0.3 is 15.2 Å². The molecule has 2 aliphatic heterocycles. The van der Waals surface area contributed by atoms with Gasteiger partial charge in [-0.25, -0.2) is 0 Å². The fourth-order valence-electron chi connectivity index (χ4n) is 3.53. The molecule has 2 fully saturated rings. The van der Waals surface area contributed by atoms with Crippen LogP contribution in [0.4, 0.5) is 0 Å². The number of phenols is 1. The van der Waals surface area contributed by atoms with Crippen molar-refractivity contribution in [3.63, 3.8) is 0 Å². The maximum atomic E-state index is 10.6. The Labute approximate surface area is 169 Å². The molecule has 1 aromatic carbocycles. The van der Waals surface area contributed by atoms with E-state index in [4.69, 9.17) is 16.3 Å². The standard InChI is InChI=1S/C16H22BrClN2O2.2ClH/c17-14-13(18)2-1-12(16(14)21)15(11-3-9-22-10-4-11)20-7-5-19-6-8-20;;/h1-2,11,15,19,21H,3-10H2;2*1H/t15-;;/m1../s1. The van der Waals surface area contributed by atoms with Gasteiger partial charge in [0.25, 0.3) is 0 Å². The third-order valence-corrected chi connectivity index (χ3v) is 6.02. The highest BCUT2D eigenvalue weighted by molar-refractivity contribution is 9.10. The molecule has 138 valence electrons. The Morgan fingerprint density at radius 2 is 1.83 bits per heavy atom. The summed E-state index contributed by atoms with van der Waals surface area (Å²) in [7, 11) is 0. The van der Waals surface area contributed by atoms with E-state index in [-0.39, 0.29) is 36.6 Å². The van der Waals surface area contributed by atoms with Crippen molar-refractivity contribution in [3.05, 3.63) is 27.2 Å². The van der Waals surface area contributed by atoms with Gasteiger partial charge in [-0.1, -0.05) is 17.7 Å². The van der Waals surface area contributed by atoms with Crippen LogP contribution in [0.2, 0.25) is 5.02 Å². The second-order valence-electron chi connectivity index (χ2n) is 5.98. The van der Waals surface area contributed by atoms with E-state index in [0.717, 1.165) is 57.8 Å². The molecule has 0 saturated carbocycles. The molecular formula is C16H24BrCl3N2O2. The number of benzene rings is 1. The molecule has 0 spiro atoms. The average molecular weight is 463 g/mol. The van der Waals surface area contributed by atoms with Crippen LogP contribution in [0.3, 0.4) is 0 Å². The van der Waals surface area contributed by atoms with Crippen molar-refractivity contribution in [2.45, 2.75) is 18.9 Å². The van der Waals surface area contributed by atoms with Crippen LogP contribution in [0.25, 0.3) is 0 Å². The van der Waals surface area contributed by atoms with Crippen molar-refractivity contribution in [2.75, 3.05) is 39.4 Å². The SMILES string of the molecule is Cl.Cl.Oc1c([C@@H](C2CCOCC2)N2CCNCC2)ccc(Cl)c1Br. The zero-order valence-electron chi connectivity index (χ0n) is 13.3. The molecule has 1 atom stereocenters. The molecule has 24 heavy (non-hydrogen) atoms. The minimum Gasteiger partial charge on any atom is -0.506 e. The highest BCUT2D eigenvalue weighted by atomic mass is 79.9. The van der Waals surface area contributed by atoms with Crippen molar-refractivity contribution >= 4 is 52.3 Å². The number of nitrogens with one attached hydrogen (secondary N) is 1. The lowest BCUT2D eigenvalue weighted by Crippen LogP contribution is -2.47. The lowest BCUT2D eigenvalue weighted by atomic mass is 9.85. The first-order chi connectivity index (χ1) is 10.7. The minimum absolute atomic E-state index is 0. The Morgan fingerprint density at radius 3 is 2.46 bits per heavy atom. The lowest BCUT2D eigenvalue weighted by molar-refractivity contribution is 0.0206. The van der Waals surface area contributed by atoms with Gasteiger partial charge in [0.15, 0.2) is 0 Å². The third kappa shape index (κ3) is 4.91. The Balaban J connectivity index is 0.00000144. The molecule has 0 aromatic heterocycles. The number of nitrogens with zero attached hydrogens (tertiary/aromatic N) is 1. The summed E-state index contributed by atoms with van der Waals surface area (Å²) >= 11 is 9.52. The molecule has 3 rings (SSSR count). The summed E-state index contributed by atoms with van der Waals surface area (Å²) in [4.78, 5) is 2.49. The van der Waals surface area contributed by atoms with Gasteiger partial charge in [-0.05, 0) is 40.8 Å². The van der Waals surface area contributed by atoms with E-state index in [1.807, 2.05) is 12.1 Å². The molecule has 4 nitrogen and oxygen atoms in total. The maximum Gasteiger partial charge on any atom is 0.136 e. The van der Waals surface area contributed by atoms with Crippen molar-refractivity contribution in [3.8, 4) is 5.75 Å². The van der Waals surface area contributed by atoms with Crippen molar-refractivity contribution in [2.24, 2.45) is 5.92 Å². The van der Waals surface area contributed by atoms with Crippen LogP contribution in [0.1, 0.15) is 24.4 Å². The fourth-order valence-corrected chi connectivity index (χ4v) is 4.05. The molecular weight excluding hydrogens is 438 g/mol. The molecule has 2 aliphatic rings. The molecule has 1 aromatic rings. The molecule has 2 saturated heterocycles. The van der Waals surface area contributed by atoms with Crippen molar-refractivity contribution in [1.82, 2.24) is 10.2 Å². The first kappa shape index (κ1) is 22.3. The van der Waals surface area contributed by atoms with Gasteiger partial charge in [-0.2, -0.15) is 0 Å². The highest BCUT2D eigenvalue weighted by Crippen LogP contribution is 2.43. The van der Waals surface area contributed by atoms with Crippen LogP contribution in [-0.4, -0.2) is 49.4 Å². The summed E-state index contributed by atoms with van der Waals surface area (Å²) in [5, 5.41) is 14.6. The summed E-state index contributed by atoms with van der Waals surface area (Å²) in [5.41, 5.74) is 0.977. The van der Waals surface area contributed by atoms with Gasteiger partial charge in [-0.15, -0.1) is 24.8 Å². The Bertz CT molecular complexity index is 506. The summed E-state index contributed by atoms with van der Waals surface area (Å²) < 4.78 is 6.12. The van der Waals surface area contributed by atoms with Gasteiger partial charge in [0.1, 0.15) is 5.75 Å². The van der Waals surface area contributed by atoms with Crippen molar-refractivity contribution in [1.29, 1.82) is 0 Å². The summed E-state index contributed by atoms with van der Waals surface area (Å²) in [6.45, 7) is 5.61. The first-order valence-electron chi connectivity index (χ1n) is 7.88. The average Bonchev–Trinajstić information content (AvgIpc) is 2.57.